The first-order chi connectivity index (χ1) is 13.1. The Labute approximate surface area is 172 Å². The van der Waals surface area contributed by atoms with Gasteiger partial charge in [0.2, 0.25) is 5.91 Å². The Bertz CT molecular complexity index is 927. The van der Waals surface area contributed by atoms with Gasteiger partial charge in [-0.15, -0.1) is 0 Å². The number of amides is 1. The third-order valence-corrected chi connectivity index (χ3v) is 6.66. The van der Waals surface area contributed by atoms with Crippen LogP contribution in [0.2, 0.25) is 5.02 Å². The lowest BCUT2D eigenvalue weighted by atomic mass is 10.2. The van der Waals surface area contributed by atoms with E-state index in [1.807, 2.05) is 27.7 Å². The highest BCUT2D eigenvalue weighted by Gasteiger charge is 2.28. The quantitative estimate of drug-likeness (QED) is 0.683. The highest BCUT2D eigenvalue weighted by molar-refractivity contribution is 7.92. The molecule has 28 heavy (non-hydrogen) atoms. The largest absolute Gasteiger partial charge is 0.352 e. The maximum absolute atomic E-state index is 13.3. The number of carbonyl (C=O) groups excluding carboxylic acids is 1. The van der Waals surface area contributed by atoms with Crippen molar-refractivity contribution in [3.63, 3.8) is 0 Å². The molecule has 1 N–H and O–H groups in total. The Morgan fingerprint density at radius 2 is 1.79 bits per heavy atom. The van der Waals surface area contributed by atoms with Gasteiger partial charge in [-0.25, -0.2) is 8.42 Å². The van der Waals surface area contributed by atoms with E-state index in [1.165, 1.54) is 0 Å². The summed E-state index contributed by atoms with van der Waals surface area (Å²) in [6, 6.07) is 11.5. The molecule has 1 atom stereocenters. The Hall–Kier alpha value is -2.05. The first kappa shape index (κ1) is 22.2. The minimum atomic E-state index is -3.93. The summed E-state index contributed by atoms with van der Waals surface area (Å²) >= 11 is 6.21. The molecule has 0 fully saturated rings. The maximum Gasteiger partial charge on any atom is 0.264 e. The predicted molar refractivity (Wildman–Crippen MR) is 114 cm³/mol. The van der Waals surface area contributed by atoms with Crippen molar-refractivity contribution in [2.75, 3.05) is 10.8 Å². The number of aryl methyl sites for hydroxylation is 2. The molecule has 7 heteroatoms. The molecule has 0 saturated heterocycles. The molecule has 0 aliphatic heterocycles. The van der Waals surface area contributed by atoms with Gasteiger partial charge in [-0.1, -0.05) is 48.7 Å². The number of carbonyl (C=O) groups is 1. The molecule has 0 unspecified atom stereocenters. The third-order valence-electron chi connectivity index (χ3n) is 4.47. The van der Waals surface area contributed by atoms with Gasteiger partial charge < -0.3 is 5.32 Å². The first-order valence-electron chi connectivity index (χ1n) is 9.30. The molecule has 2 aromatic rings. The molecule has 2 rings (SSSR count). The van der Waals surface area contributed by atoms with Gasteiger partial charge in [-0.3, -0.25) is 9.10 Å². The highest BCUT2D eigenvalue weighted by Crippen LogP contribution is 2.28. The van der Waals surface area contributed by atoms with Crippen LogP contribution in [0.5, 0.6) is 0 Å². The molecule has 2 aromatic carbocycles. The van der Waals surface area contributed by atoms with Crippen LogP contribution in [0.25, 0.3) is 0 Å². The van der Waals surface area contributed by atoms with Crippen molar-refractivity contribution in [1.82, 2.24) is 5.32 Å². The summed E-state index contributed by atoms with van der Waals surface area (Å²) in [5.74, 6) is -0.353. The van der Waals surface area contributed by atoms with E-state index in [0.717, 1.165) is 28.3 Å². The molecule has 5 nitrogen and oxygen atoms in total. The van der Waals surface area contributed by atoms with E-state index in [4.69, 9.17) is 11.6 Å². The van der Waals surface area contributed by atoms with Crippen LogP contribution >= 0.6 is 11.6 Å². The molecular weight excluding hydrogens is 396 g/mol. The van der Waals surface area contributed by atoms with E-state index in [0.29, 0.717) is 10.7 Å². The number of sulfonamides is 1. The standard InChI is InChI=1S/C21H27ClN2O3S/c1-5-6-17(4)23-21(25)14-24(18-10-9-16(3)20(22)13-18)28(26,27)19-11-7-15(2)8-12-19/h7-13,17H,5-6,14H2,1-4H3,(H,23,25)/t17-/m1/s1. The van der Waals surface area contributed by atoms with E-state index >= 15 is 0 Å². The molecule has 0 saturated carbocycles. The fourth-order valence-electron chi connectivity index (χ4n) is 2.85. The lowest BCUT2D eigenvalue weighted by Gasteiger charge is -2.25. The summed E-state index contributed by atoms with van der Waals surface area (Å²) in [5.41, 5.74) is 2.14. The number of hydrogen-bond acceptors (Lipinski definition) is 3. The second-order valence-corrected chi connectivity index (χ2v) is 9.28. The molecule has 0 bridgehead atoms. The van der Waals surface area contributed by atoms with Gasteiger partial charge in [0, 0.05) is 11.1 Å². The number of halogens is 1. The Kier molecular flexibility index (Phi) is 7.49. The van der Waals surface area contributed by atoms with Crippen LogP contribution in [0.3, 0.4) is 0 Å². The SMILES string of the molecule is CCC[C@@H](C)NC(=O)CN(c1ccc(C)c(Cl)c1)S(=O)(=O)c1ccc(C)cc1. The molecule has 0 aromatic heterocycles. The van der Waals surface area contributed by atoms with Gasteiger partial charge in [-0.05, 0) is 57.0 Å². The summed E-state index contributed by atoms with van der Waals surface area (Å²) in [6.07, 6.45) is 1.76. The topological polar surface area (TPSA) is 66.5 Å². The van der Waals surface area contributed by atoms with Crippen LogP contribution in [-0.2, 0) is 14.8 Å². The molecule has 152 valence electrons. The zero-order chi connectivity index (χ0) is 20.9. The van der Waals surface area contributed by atoms with Gasteiger partial charge >= 0.3 is 0 Å². The highest BCUT2D eigenvalue weighted by atomic mass is 35.5. The zero-order valence-electron chi connectivity index (χ0n) is 16.7. The monoisotopic (exact) mass is 422 g/mol. The van der Waals surface area contributed by atoms with Crippen LogP contribution < -0.4 is 9.62 Å². The van der Waals surface area contributed by atoms with Crippen molar-refractivity contribution in [3.8, 4) is 0 Å². The predicted octanol–water partition coefficient (Wildman–Crippen LogP) is 4.46. The number of nitrogens with one attached hydrogen (secondary N) is 1. The van der Waals surface area contributed by atoms with E-state index < -0.39 is 10.0 Å². The fraction of sp³-hybridized carbons (Fsp3) is 0.381. The molecule has 1 amide bonds. The smallest absolute Gasteiger partial charge is 0.264 e. The number of rotatable bonds is 8. The minimum Gasteiger partial charge on any atom is -0.352 e. The average molecular weight is 423 g/mol. The van der Waals surface area contributed by atoms with E-state index in [-0.39, 0.29) is 23.4 Å². The number of anilines is 1. The molecule has 0 aliphatic rings. The van der Waals surface area contributed by atoms with Crippen molar-refractivity contribution in [3.05, 3.63) is 58.6 Å². The van der Waals surface area contributed by atoms with Gasteiger partial charge in [0.15, 0.2) is 0 Å². The lowest BCUT2D eigenvalue weighted by molar-refractivity contribution is -0.120. The molecular formula is C21H27ClN2O3S. The van der Waals surface area contributed by atoms with Crippen molar-refractivity contribution >= 4 is 33.2 Å². The third kappa shape index (κ3) is 5.49. The van der Waals surface area contributed by atoms with Crippen molar-refractivity contribution in [2.24, 2.45) is 0 Å². The Morgan fingerprint density at radius 3 is 2.36 bits per heavy atom. The second-order valence-electron chi connectivity index (χ2n) is 7.02. The Morgan fingerprint density at radius 1 is 1.14 bits per heavy atom. The summed E-state index contributed by atoms with van der Waals surface area (Å²) in [7, 11) is -3.93. The molecule has 0 spiro atoms. The summed E-state index contributed by atoms with van der Waals surface area (Å²) in [5, 5.41) is 3.31. The van der Waals surface area contributed by atoms with Crippen molar-refractivity contribution in [1.29, 1.82) is 0 Å². The molecule has 0 radical (unpaired) electrons. The van der Waals surface area contributed by atoms with Crippen LogP contribution in [-0.4, -0.2) is 26.9 Å². The van der Waals surface area contributed by atoms with Gasteiger partial charge in [-0.2, -0.15) is 0 Å². The lowest BCUT2D eigenvalue weighted by Crippen LogP contribution is -2.43. The number of benzene rings is 2. The van der Waals surface area contributed by atoms with Crippen LogP contribution in [0.1, 0.15) is 37.8 Å². The second kappa shape index (κ2) is 9.43. The van der Waals surface area contributed by atoms with Gasteiger partial charge in [0.1, 0.15) is 6.54 Å². The fourth-order valence-corrected chi connectivity index (χ4v) is 4.43. The first-order valence-corrected chi connectivity index (χ1v) is 11.1. The molecule has 0 aliphatic carbocycles. The summed E-state index contributed by atoms with van der Waals surface area (Å²) in [6.45, 7) is 7.35. The minimum absolute atomic E-state index is 0.0250. The van der Waals surface area contributed by atoms with Crippen molar-refractivity contribution < 1.29 is 13.2 Å². The molecule has 0 heterocycles. The maximum atomic E-state index is 13.3. The van der Waals surface area contributed by atoms with Crippen LogP contribution in [0, 0.1) is 13.8 Å². The van der Waals surface area contributed by atoms with E-state index in [1.54, 1.807) is 42.5 Å². The van der Waals surface area contributed by atoms with Crippen molar-refractivity contribution in [2.45, 2.75) is 51.5 Å². The van der Waals surface area contributed by atoms with Crippen LogP contribution in [0.4, 0.5) is 5.69 Å². The number of hydrogen-bond donors (Lipinski definition) is 1. The Balaban J connectivity index is 2.42. The van der Waals surface area contributed by atoms with Gasteiger partial charge in [0.05, 0.1) is 10.6 Å². The summed E-state index contributed by atoms with van der Waals surface area (Å²) < 4.78 is 27.7. The normalized spacial score (nSPS) is 12.5. The number of nitrogens with zero attached hydrogens (tertiary/aromatic N) is 1. The van der Waals surface area contributed by atoms with Crippen LogP contribution in [0.15, 0.2) is 47.4 Å². The average Bonchev–Trinajstić information content (AvgIpc) is 2.62. The van der Waals surface area contributed by atoms with E-state index in [9.17, 15) is 13.2 Å². The summed E-state index contributed by atoms with van der Waals surface area (Å²) in [4.78, 5) is 12.7. The van der Waals surface area contributed by atoms with Gasteiger partial charge in [0.25, 0.3) is 10.0 Å². The van der Waals surface area contributed by atoms with E-state index in [2.05, 4.69) is 5.32 Å². The zero-order valence-corrected chi connectivity index (χ0v) is 18.3.